The number of carbonyl (C=O) groups is 2. The largest absolute Gasteiger partial charge is 0.497 e. The summed E-state index contributed by atoms with van der Waals surface area (Å²) in [5.41, 5.74) is 5.30. The smallest absolute Gasteiger partial charge is 0.274 e. The summed E-state index contributed by atoms with van der Waals surface area (Å²) < 4.78 is 10.4. The zero-order valence-corrected chi connectivity index (χ0v) is 10.3. The summed E-state index contributed by atoms with van der Waals surface area (Å²) in [4.78, 5) is 26.2. The molecule has 0 saturated carbocycles. The lowest BCUT2D eigenvalue weighted by Gasteiger charge is -2.17. The quantitative estimate of drug-likeness (QED) is 0.710. The molecule has 0 spiro atoms. The molecule has 1 atom stereocenters. The SMILES string of the molecule is COc1cccc(OCC2=NC(=O)C(N)C(=O)N2)c1. The van der Waals surface area contributed by atoms with E-state index in [-0.39, 0.29) is 12.4 Å². The molecular weight excluding hydrogens is 250 g/mol. The molecule has 0 saturated heterocycles. The van der Waals surface area contributed by atoms with E-state index in [1.165, 1.54) is 0 Å². The number of hydrogen-bond donors (Lipinski definition) is 2. The summed E-state index contributed by atoms with van der Waals surface area (Å²) in [6, 6.07) is 5.70. The first kappa shape index (κ1) is 13.0. The molecular formula is C12H13N3O4. The van der Waals surface area contributed by atoms with E-state index < -0.39 is 17.9 Å². The normalized spacial score (nSPS) is 18.6. The van der Waals surface area contributed by atoms with Gasteiger partial charge in [-0.15, -0.1) is 0 Å². The van der Waals surface area contributed by atoms with Crippen molar-refractivity contribution in [1.29, 1.82) is 0 Å². The van der Waals surface area contributed by atoms with E-state index in [2.05, 4.69) is 10.3 Å². The lowest BCUT2D eigenvalue weighted by molar-refractivity contribution is -0.129. The van der Waals surface area contributed by atoms with Crippen molar-refractivity contribution in [2.24, 2.45) is 10.7 Å². The molecule has 7 nitrogen and oxygen atoms in total. The number of amidine groups is 1. The predicted molar refractivity (Wildman–Crippen MR) is 67.0 cm³/mol. The molecule has 0 aromatic heterocycles. The van der Waals surface area contributed by atoms with Crippen molar-refractivity contribution in [2.75, 3.05) is 13.7 Å². The highest BCUT2D eigenvalue weighted by molar-refractivity contribution is 6.18. The van der Waals surface area contributed by atoms with Crippen LogP contribution in [0.4, 0.5) is 0 Å². The lowest BCUT2D eigenvalue weighted by atomic mass is 10.2. The van der Waals surface area contributed by atoms with Gasteiger partial charge in [0.1, 0.15) is 18.1 Å². The maximum Gasteiger partial charge on any atom is 0.274 e. The number of amides is 2. The minimum Gasteiger partial charge on any atom is -0.497 e. The molecule has 0 fully saturated rings. The molecule has 1 aliphatic heterocycles. The standard InChI is InChI=1S/C12H13N3O4/c1-18-7-3-2-4-8(5-7)19-6-9-14-11(16)10(13)12(17)15-9/h2-5,10H,6,13H2,1H3,(H,14,15,16,17). The molecule has 19 heavy (non-hydrogen) atoms. The number of carbonyl (C=O) groups excluding carboxylic acids is 2. The van der Waals surface area contributed by atoms with Crippen LogP contribution in [0.15, 0.2) is 29.3 Å². The topological polar surface area (TPSA) is 103 Å². The summed E-state index contributed by atoms with van der Waals surface area (Å²) >= 11 is 0. The van der Waals surface area contributed by atoms with Crippen molar-refractivity contribution < 1.29 is 19.1 Å². The fraction of sp³-hybridized carbons (Fsp3) is 0.250. The Bertz CT molecular complexity index is 542. The number of rotatable bonds is 4. The Morgan fingerprint density at radius 1 is 1.37 bits per heavy atom. The second-order valence-corrected chi connectivity index (χ2v) is 3.83. The van der Waals surface area contributed by atoms with E-state index in [0.717, 1.165) is 0 Å². The van der Waals surface area contributed by atoms with Crippen LogP contribution in [0.2, 0.25) is 0 Å². The lowest BCUT2D eigenvalue weighted by Crippen LogP contribution is -2.53. The van der Waals surface area contributed by atoms with Crippen molar-refractivity contribution >= 4 is 17.6 Å². The van der Waals surface area contributed by atoms with Gasteiger partial charge in [-0.2, -0.15) is 4.99 Å². The summed E-state index contributed by atoms with van der Waals surface area (Å²) in [5, 5.41) is 2.40. The molecule has 1 aliphatic rings. The van der Waals surface area contributed by atoms with E-state index in [0.29, 0.717) is 11.5 Å². The van der Waals surface area contributed by atoms with Crippen LogP contribution in [0.5, 0.6) is 11.5 Å². The number of aliphatic imine (C=N–C) groups is 1. The minimum absolute atomic E-state index is 0.0304. The molecule has 1 aromatic carbocycles. The van der Waals surface area contributed by atoms with Gasteiger partial charge < -0.3 is 20.5 Å². The van der Waals surface area contributed by atoms with Crippen molar-refractivity contribution in [2.45, 2.75) is 6.04 Å². The molecule has 100 valence electrons. The van der Waals surface area contributed by atoms with E-state index in [4.69, 9.17) is 15.2 Å². The van der Waals surface area contributed by atoms with Crippen LogP contribution in [-0.4, -0.2) is 37.4 Å². The molecule has 3 N–H and O–H groups in total. The van der Waals surface area contributed by atoms with E-state index in [9.17, 15) is 9.59 Å². The molecule has 1 unspecified atom stereocenters. The second-order valence-electron chi connectivity index (χ2n) is 3.83. The van der Waals surface area contributed by atoms with Gasteiger partial charge in [-0.05, 0) is 12.1 Å². The number of nitrogens with zero attached hydrogens (tertiary/aromatic N) is 1. The van der Waals surface area contributed by atoms with Crippen LogP contribution >= 0.6 is 0 Å². The summed E-state index contributed by atoms with van der Waals surface area (Å²) in [6.45, 7) is -0.0304. The van der Waals surface area contributed by atoms with Gasteiger partial charge in [0.05, 0.1) is 7.11 Å². The van der Waals surface area contributed by atoms with Crippen LogP contribution in [0.1, 0.15) is 0 Å². The van der Waals surface area contributed by atoms with Crippen LogP contribution in [-0.2, 0) is 9.59 Å². The molecule has 0 bridgehead atoms. The number of methoxy groups -OCH3 is 1. The third-order valence-electron chi connectivity index (χ3n) is 2.48. The fourth-order valence-corrected chi connectivity index (χ4v) is 1.47. The van der Waals surface area contributed by atoms with Gasteiger partial charge in [0.15, 0.2) is 11.9 Å². The second kappa shape index (κ2) is 5.49. The van der Waals surface area contributed by atoms with Gasteiger partial charge in [0, 0.05) is 6.07 Å². The van der Waals surface area contributed by atoms with Crippen LogP contribution in [0.3, 0.4) is 0 Å². The Balaban J connectivity index is 2.01. The minimum atomic E-state index is -1.24. The van der Waals surface area contributed by atoms with Crippen molar-refractivity contribution in [1.82, 2.24) is 5.32 Å². The fourth-order valence-electron chi connectivity index (χ4n) is 1.47. The van der Waals surface area contributed by atoms with Gasteiger partial charge in [0.25, 0.3) is 11.8 Å². The van der Waals surface area contributed by atoms with Gasteiger partial charge in [0.2, 0.25) is 0 Å². The number of benzene rings is 1. The van der Waals surface area contributed by atoms with Gasteiger partial charge in [-0.25, -0.2) is 0 Å². The van der Waals surface area contributed by atoms with Crippen molar-refractivity contribution in [3.8, 4) is 11.5 Å². The monoisotopic (exact) mass is 263 g/mol. The van der Waals surface area contributed by atoms with E-state index in [1.807, 2.05) is 0 Å². The highest BCUT2D eigenvalue weighted by atomic mass is 16.5. The van der Waals surface area contributed by atoms with Crippen molar-refractivity contribution in [3.63, 3.8) is 0 Å². The molecule has 0 aliphatic carbocycles. The van der Waals surface area contributed by atoms with Crippen LogP contribution in [0, 0.1) is 0 Å². The number of ether oxygens (including phenoxy) is 2. The first-order valence-electron chi connectivity index (χ1n) is 5.55. The summed E-state index contributed by atoms with van der Waals surface area (Å²) in [5.74, 6) is 0.0700. The zero-order chi connectivity index (χ0) is 13.8. The average molecular weight is 263 g/mol. The molecule has 2 rings (SSSR count). The Morgan fingerprint density at radius 3 is 2.79 bits per heavy atom. The molecule has 7 heteroatoms. The number of nitrogens with two attached hydrogens (primary N) is 1. The molecule has 1 aromatic rings. The van der Waals surface area contributed by atoms with E-state index in [1.54, 1.807) is 31.4 Å². The van der Waals surface area contributed by atoms with Crippen LogP contribution in [0.25, 0.3) is 0 Å². The van der Waals surface area contributed by atoms with Gasteiger partial charge >= 0.3 is 0 Å². The molecule has 1 heterocycles. The maximum absolute atomic E-state index is 11.3. The van der Waals surface area contributed by atoms with Crippen LogP contribution < -0.4 is 20.5 Å². The maximum atomic E-state index is 11.3. The van der Waals surface area contributed by atoms with E-state index >= 15 is 0 Å². The molecule has 0 radical (unpaired) electrons. The Kier molecular flexibility index (Phi) is 3.76. The summed E-state index contributed by atoms with van der Waals surface area (Å²) in [7, 11) is 1.55. The average Bonchev–Trinajstić information content (AvgIpc) is 2.42. The third-order valence-corrected chi connectivity index (χ3v) is 2.48. The number of nitrogens with one attached hydrogen (secondary N) is 1. The predicted octanol–water partition coefficient (Wildman–Crippen LogP) is -0.544. The van der Waals surface area contributed by atoms with Crippen molar-refractivity contribution in [3.05, 3.63) is 24.3 Å². The molecule has 2 amide bonds. The summed E-state index contributed by atoms with van der Waals surface area (Å²) in [6.07, 6.45) is 0. The van der Waals surface area contributed by atoms with Gasteiger partial charge in [-0.3, -0.25) is 9.59 Å². The van der Waals surface area contributed by atoms with Gasteiger partial charge in [-0.1, -0.05) is 6.07 Å². The zero-order valence-electron chi connectivity index (χ0n) is 10.3. The Labute approximate surface area is 109 Å². The first-order valence-corrected chi connectivity index (χ1v) is 5.55. The highest BCUT2D eigenvalue weighted by Crippen LogP contribution is 2.18. The number of hydrogen-bond acceptors (Lipinski definition) is 5. The first-order chi connectivity index (χ1) is 9.10. The Morgan fingerprint density at radius 2 is 2.11 bits per heavy atom. The highest BCUT2D eigenvalue weighted by Gasteiger charge is 2.28. The third kappa shape index (κ3) is 3.08. The Hall–Kier alpha value is -2.41.